The van der Waals surface area contributed by atoms with E-state index < -0.39 is 6.04 Å². The van der Waals surface area contributed by atoms with Crippen LogP contribution in [0.15, 0.2) is 47.1 Å². The van der Waals surface area contributed by atoms with Gasteiger partial charge in [-0.25, -0.2) is 0 Å². The van der Waals surface area contributed by atoms with Crippen LogP contribution in [0.2, 0.25) is 0 Å². The Bertz CT molecular complexity index is 1090. The van der Waals surface area contributed by atoms with E-state index in [1.54, 1.807) is 51.5 Å². The number of carbonyl (C=O) groups excluding carboxylic acids is 2. The fourth-order valence-corrected chi connectivity index (χ4v) is 3.11. The lowest BCUT2D eigenvalue weighted by molar-refractivity contribution is 0.0827. The summed E-state index contributed by atoms with van der Waals surface area (Å²) >= 11 is 0. The Morgan fingerprint density at radius 1 is 1.17 bits per heavy atom. The van der Waals surface area contributed by atoms with Crippen LogP contribution in [0.5, 0.6) is 0 Å². The predicted octanol–water partition coefficient (Wildman–Crippen LogP) is 3.20. The SMILES string of the molecule is CC(NC(=O)c1cccc(C(=O)N(C)C)c1)c1nc(-c2ccnc(C3CC3)c2)no1. The molecule has 1 aromatic carbocycles. The van der Waals surface area contributed by atoms with E-state index in [0.717, 1.165) is 11.3 Å². The highest BCUT2D eigenvalue weighted by atomic mass is 16.5. The van der Waals surface area contributed by atoms with E-state index in [1.807, 2.05) is 12.1 Å². The van der Waals surface area contributed by atoms with Gasteiger partial charge in [0.05, 0.1) is 0 Å². The number of amides is 2. The van der Waals surface area contributed by atoms with Crippen molar-refractivity contribution < 1.29 is 14.1 Å². The largest absolute Gasteiger partial charge is 0.345 e. The molecule has 4 rings (SSSR count). The van der Waals surface area contributed by atoms with E-state index in [-0.39, 0.29) is 11.8 Å². The van der Waals surface area contributed by atoms with Crippen molar-refractivity contribution >= 4 is 11.8 Å². The summed E-state index contributed by atoms with van der Waals surface area (Å²) in [6.07, 6.45) is 4.09. The third-order valence-corrected chi connectivity index (χ3v) is 4.97. The van der Waals surface area contributed by atoms with Crippen LogP contribution in [-0.4, -0.2) is 45.9 Å². The summed E-state index contributed by atoms with van der Waals surface area (Å²) in [5.74, 6) is 0.819. The molecule has 1 aliphatic rings. The Kier molecular flexibility index (Phi) is 5.31. The smallest absolute Gasteiger partial charge is 0.253 e. The van der Waals surface area contributed by atoms with Crippen molar-refractivity contribution in [1.29, 1.82) is 0 Å². The molecule has 2 heterocycles. The van der Waals surface area contributed by atoms with Crippen molar-refractivity contribution in [2.45, 2.75) is 31.7 Å². The minimum atomic E-state index is -0.489. The van der Waals surface area contributed by atoms with Crippen molar-refractivity contribution in [3.8, 4) is 11.4 Å². The number of benzene rings is 1. The summed E-state index contributed by atoms with van der Waals surface area (Å²) in [5.41, 5.74) is 2.73. The average Bonchev–Trinajstić information content (AvgIpc) is 3.49. The highest BCUT2D eigenvalue weighted by Crippen LogP contribution is 2.39. The van der Waals surface area contributed by atoms with Crippen molar-refractivity contribution in [2.24, 2.45) is 0 Å². The highest BCUT2D eigenvalue weighted by Gasteiger charge is 2.26. The molecule has 1 atom stereocenters. The Balaban J connectivity index is 1.46. The minimum absolute atomic E-state index is 0.165. The Labute approximate surface area is 174 Å². The van der Waals surface area contributed by atoms with Crippen molar-refractivity contribution in [3.05, 3.63) is 65.3 Å². The summed E-state index contributed by atoms with van der Waals surface area (Å²) in [5, 5.41) is 6.89. The number of hydrogen-bond donors (Lipinski definition) is 1. The number of nitrogens with zero attached hydrogens (tertiary/aromatic N) is 4. The molecule has 154 valence electrons. The van der Waals surface area contributed by atoms with Crippen LogP contribution in [-0.2, 0) is 0 Å². The molecule has 1 fully saturated rings. The van der Waals surface area contributed by atoms with Gasteiger partial charge in [-0.15, -0.1) is 0 Å². The second-order valence-electron chi connectivity index (χ2n) is 7.68. The molecule has 0 radical (unpaired) electrons. The van der Waals surface area contributed by atoms with Crippen molar-refractivity contribution in [1.82, 2.24) is 25.3 Å². The number of nitrogens with one attached hydrogen (secondary N) is 1. The molecule has 1 unspecified atom stereocenters. The second-order valence-corrected chi connectivity index (χ2v) is 7.68. The summed E-state index contributed by atoms with van der Waals surface area (Å²) in [6, 6.07) is 9.93. The normalized spacial score (nSPS) is 14.2. The zero-order valence-corrected chi connectivity index (χ0v) is 17.1. The van der Waals surface area contributed by atoms with Gasteiger partial charge < -0.3 is 14.7 Å². The molecule has 0 spiro atoms. The first-order valence-electron chi connectivity index (χ1n) is 9.85. The maximum Gasteiger partial charge on any atom is 0.253 e. The van der Waals surface area contributed by atoms with E-state index in [1.165, 1.54) is 17.7 Å². The van der Waals surface area contributed by atoms with E-state index in [9.17, 15) is 9.59 Å². The van der Waals surface area contributed by atoms with Gasteiger partial charge in [0.25, 0.3) is 11.8 Å². The molecule has 2 aromatic heterocycles. The molecule has 8 nitrogen and oxygen atoms in total. The summed E-state index contributed by atoms with van der Waals surface area (Å²) < 4.78 is 5.37. The van der Waals surface area contributed by atoms with Gasteiger partial charge in [-0.05, 0) is 50.1 Å². The lowest BCUT2D eigenvalue weighted by Crippen LogP contribution is -2.27. The van der Waals surface area contributed by atoms with Gasteiger partial charge in [0, 0.05) is 48.6 Å². The quantitative estimate of drug-likeness (QED) is 0.676. The predicted molar refractivity (Wildman–Crippen MR) is 110 cm³/mol. The fraction of sp³-hybridized carbons (Fsp3) is 0.318. The molecule has 0 aliphatic heterocycles. The van der Waals surface area contributed by atoms with Crippen LogP contribution in [0.1, 0.15) is 64.0 Å². The first-order chi connectivity index (χ1) is 14.4. The number of aromatic nitrogens is 3. The molecule has 1 aliphatic carbocycles. The van der Waals surface area contributed by atoms with Crippen LogP contribution >= 0.6 is 0 Å². The maximum absolute atomic E-state index is 12.6. The van der Waals surface area contributed by atoms with Gasteiger partial charge in [-0.1, -0.05) is 11.2 Å². The summed E-state index contributed by atoms with van der Waals surface area (Å²) in [4.78, 5) is 35.1. The van der Waals surface area contributed by atoms with Crippen molar-refractivity contribution in [3.63, 3.8) is 0 Å². The topological polar surface area (TPSA) is 101 Å². The van der Waals surface area contributed by atoms with Gasteiger partial charge in [0.2, 0.25) is 11.7 Å². The number of carbonyl (C=O) groups is 2. The van der Waals surface area contributed by atoms with E-state index >= 15 is 0 Å². The van der Waals surface area contributed by atoms with E-state index in [2.05, 4.69) is 20.4 Å². The maximum atomic E-state index is 12.6. The molecule has 2 amide bonds. The zero-order valence-electron chi connectivity index (χ0n) is 17.1. The molecule has 8 heteroatoms. The first-order valence-corrected chi connectivity index (χ1v) is 9.85. The minimum Gasteiger partial charge on any atom is -0.345 e. The molecule has 30 heavy (non-hydrogen) atoms. The Hall–Kier alpha value is -3.55. The van der Waals surface area contributed by atoms with Gasteiger partial charge in [0.15, 0.2) is 0 Å². The van der Waals surface area contributed by atoms with Crippen LogP contribution in [0.4, 0.5) is 0 Å². The van der Waals surface area contributed by atoms with Gasteiger partial charge in [-0.3, -0.25) is 14.6 Å². The first kappa shape index (κ1) is 19.8. The zero-order chi connectivity index (χ0) is 21.3. The standard InChI is InChI=1S/C22H23N5O3/c1-13(24-20(28)16-5-4-6-17(11-16)22(29)27(2)3)21-25-19(26-30-21)15-9-10-23-18(12-15)14-7-8-14/h4-6,9-14H,7-8H2,1-3H3,(H,24,28). The van der Waals surface area contributed by atoms with Crippen LogP contribution in [0.25, 0.3) is 11.4 Å². The molecular formula is C22H23N5O3. The fourth-order valence-electron chi connectivity index (χ4n) is 3.11. The van der Waals surface area contributed by atoms with Crippen LogP contribution in [0, 0.1) is 0 Å². The molecular weight excluding hydrogens is 382 g/mol. The number of rotatable bonds is 6. The second kappa shape index (κ2) is 8.06. The lowest BCUT2D eigenvalue weighted by Gasteiger charge is -2.12. The molecule has 1 N–H and O–H groups in total. The Morgan fingerprint density at radius 2 is 1.93 bits per heavy atom. The summed E-state index contributed by atoms with van der Waals surface area (Å²) in [6.45, 7) is 1.77. The number of pyridine rings is 1. The third kappa shape index (κ3) is 4.22. The van der Waals surface area contributed by atoms with Crippen LogP contribution in [0.3, 0.4) is 0 Å². The van der Waals surface area contributed by atoms with E-state index in [4.69, 9.17) is 4.52 Å². The molecule has 0 saturated heterocycles. The Morgan fingerprint density at radius 3 is 2.67 bits per heavy atom. The molecule has 0 bridgehead atoms. The summed E-state index contributed by atoms with van der Waals surface area (Å²) in [7, 11) is 3.33. The van der Waals surface area contributed by atoms with Gasteiger partial charge in [0.1, 0.15) is 6.04 Å². The molecule has 3 aromatic rings. The average molecular weight is 405 g/mol. The van der Waals surface area contributed by atoms with Gasteiger partial charge >= 0.3 is 0 Å². The van der Waals surface area contributed by atoms with E-state index in [0.29, 0.717) is 28.8 Å². The van der Waals surface area contributed by atoms with Gasteiger partial charge in [-0.2, -0.15) is 4.98 Å². The molecule has 1 saturated carbocycles. The lowest BCUT2D eigenvalue weighted by atomic mass is 10.1. The highest BCUT2D eigenvalue weighted by molar-refractivity contribution is 5.99. The van der Waals surface area contributed by atoms with Crippen molar-refractivity contribution in [2.75, 3.05) is 14.1 Å². The monoisotopic (exact) mass is 405 g/mol. The number of hydrogen-bond acceptors (Lipinski definition) is 6. The third-order valence-electron chi connectivity index (χ3n) is 4.97. The van der Waals surface area contributed by atoms with Crippen LogP contribution < -0.4 is 5.32 Å².